The molecule has 0 unspecified atom stereocenters. The van der Waals surface area contributed by atoms with Gasteiger partial charge in [-0.15, -0.1) is 0 Å². The molecule has 0 spiro atoms. The van der Waals surface area contributed by atoms with Crippen molar-refractivity contribution in [2.24, 2.45) is 11.8 Å². The van der Waals surface area contributed by atoms with Gasteiger partial charge in [-0.05, 0) is 78.2 Å². The molecule has 1 aliphatic heterocycles. The van der Waals surface area contributed by atoms with Crippen molar-refractivity contribution in [3.63, 3.8) is 0 Å². The van der Waals surface area contributed by atoms with Crippen molar-refractivity contribution in [1.29, 1.82) is 0 Å². The molecule has 1 saturated heterocycles. The summed E-state index contributed by atoms with van der Waals surface area (Å²) in [5.41, 5.74) is 0.411. The van der Waals surface area contributed by atoms with E-state index in [9.17, 15) is 33.0 Å². The molecule has 1 aliphatic carbocycles. The van der Waals surface area contributed by atoms with E-state index in [1.165, 1.54) is 20.8 Å². The number of benzene rings is 1. The zero-order valence-corrected chi connectivity index (χ0v) is 28.7. The second-order valence-corrected chi connectivity index (χ2v) is 17.2. The third kappa shape index (κ3) is 9.97. The van der Waals surface area contributed by atoms with Gasteiger partial charge < -0.3 is 26.2 Å². The average molecular weight is 651 g/mol. The van der Waals surface area contributed by atoms with Gasteiger partial charge in [0.15, 0.2) is 9.84 Å². The fourth-order valence-electron chi connectivity index (χ4n) is 6.44. The molecule has 7 atom stereocenters. The van der Waals surface area contributed by atoms with Gasteiger partial charge in [-0.25, -0.2) is 8.42 Å². The Labute approximate surface area is 268 Å². The topological polar surface area (TPSA) is 165 Å². The number of aliphatic hydroxyl groups excluding tert-OH is 2. The van der Waals surface area contributed by atoms with Gasteiger partial charge in [0, 0.05) is 24.9 Å². The first-order chi connectivity index (χ1) is 20.8. The van der Waals surface area contributed by atoms with Gasteiger partial charge in [0.05, 0.1) is 22.9 Å². The van der Waals surface area contributed by atoms with Crippen molar-refractivity contribution < 1.29 is 33.0 Å². The molecule has 1 saturated carbocycles. The average Bonchev–Trinajstić information content (AvgIpc) is 2.93. The Kier molecular flexibility index (Phi) is 12.2. The molecule has 3 amide bonds. The largest absolute Gasteiger partial charge is 0.390 e. The molecule has 0 aromatic heterocycles. The summed E-state index contributed by atoms with van der Waals surface area (Å²) in [6.07, 6.45) is 3.75. The van der Waals surface area contributed by atoms with Crippen LogP contribution in [0.5, 0.6) is 0 Å². The SMILES string of the molecule is C[C@H](O)C(=O)N[C@H](C(=O)N[C@@H](Cc1ccccc1)[C@H](O)CN1C[C@H]2CCCC[C@H]2C[C@H]1C(=O)NC(C)(C)C)C(C)(C)S(C)(=O)=O. The maximum Gasteiger partial charge on any atom is 0.249 e. The Morgan fingerprint density at radius 3 is 2.11 bits per heavy atom. The summed E-state index contributed by atoms with van der Waals surface area (Å²) in [4.78, 5) is 41.9. The van der Waals surface area contributed by atoms with Gasteiger partial charge in [0.2, 0.25) is 17.7 Å². The first-order valence-corrected chi connectivity index (χ1v) is 18.0. The van der Waals surface area contributed by atoms with Crippen molar-refractivity contribution in [3.8, 4) is 0 Å². The first kappa shape index (κ1) is 36.9. The van der Waals surface area contributed by atoms with Crippen molar-refractivity contribution in [1.82, 2.24) is 20.9 Å². The second kappa shape index (κ2) is 14.9. The number of rotatable bonds is 12. The number of fused-ring (bicyclic) bond motifs is 1. The third-order valence-corrected chi connectivity index (χ3v) is 11.5. The number of piperidine rings is 1. The molecule has 1 heterocycles. The number of β-amino-alcohol motifs (C(OH)–C–C–N with tert-alkyl or cyclic N) is 1. The number of hydrogen-bond acceptors (Lipinski definition) is 8. The molecule has 45 heavy (non-hydrogen) atoms. The van der Waals surface area contributed by atoms with Crippen LogP contribution in [0, 0.1) is 11.8 Å². The minimum absolute atomic E-state index is 0.0850. The number of aliphatic hydroxyl groups is 2. The lowest BCUT2D eigenvalue weighted by Gasteiger charge is -2.47. The van der Waals surface area contributed by atoms with Gasteiger partial charge in [-0.1, -0.05) is 49.6 Å². The van der Waals surface area contributed by atoms with Crippen LogP contribution in [0.3, 0.4) is 0 Å². The predicted octanol–water partition coefficient (Wildman–Crippen LogP) is 1.56. The molecule has 0 bridgehead atoms. The smallest absolute Gasteiger partial charge is 0.249 e. The quantitative estimate of drug-likeness (QED) is 0.228. The maximum atomic E-state index is 13.8. The molecule has 1 aromatic carbocycles. The highest BCUT2D eigenvalue weighted by molar-refractivity contribution is 7.92. The van der Waals surface area contributed by atoms with Crippen LogP contribution in [0.2, 0.25) is 0 Å². The highest BCUT2D eigenvalue weighted by atomic mass is 32.2. The highest BCUT2D eigenvalue weighted by Crippen LogP contribution is 2.39. The van der Waals surface area contributed by atoms with Gasteiger partial charge in [0.25, 0.3) is 0 Å². The molecular formula is C33H54N4O7S. The molecular weight excluding hydrogens is 596 g/mol. The number of likely N-dealkylation sites (tertiary alicyclic amines) is 1. The summed E-state index contributed by atoms with van der Waals surface area (Å²) in [7, 11) is -3.87. The monoisotopic (exact) mass is 650 g/mol. The number of carbonyl (C=O) groups is 3. The lowest BCUT2D eigenvalue weighted by Crippen LogP contribution is -2.64. The van der Waals surface area contributed by atoms with Crippen LogP contribution in [-0.2, 0) is 30.6 Å². The molecule has 254 valence electrons. The zero-order chi connectivity index (χ0) is 33.7. The number of nitrogens with one attached hydrogen (secondary N) is 3. The lowest BCUT2D eigenvalue weighted by molar-refractivity contribution is -0.135. The minimum Gasteiger partial charge on any atom is -0.390 e. The second-order valence-electron chi connectivity index (χ2n) is 14.6. The summed E-state index contributed by atoms with van der Waals surface area (Å²) in [6, 6.07) is 6.42. The number of sulfone groups is 1. The van der Waals surface area contributed by atoms with Gasteiger partial charge in [-0.2, -0.15) is 0 Å². The molecule has 5 N–H and O–H groups in total. The normalized spacial score (nSPS) is 24.0. The highest BCUT2D eigenvalue weighted by Gasteiger charge is 2.46. The summed E-state index contributed by atoms with van der Waals surface area (Å²) in [6.45, 7) is 10.5. The molecule has 12 heteroatoms. The van der Waals surface area contributed by atoms with E-state index in [-0.39, 0.29) is 18.9 Å². The van der Waals surface area contributed by atoms with E-state index in [1.807, 2.05) is 56.0 Å². The first-order valence-electron chi connectivity index (χ1n) is 16.1. The van der Waals surface area contributed by atoms with Crippen LogP contribution in [-0.4, -0.2) is 101 Å². The van der Waals surface area contributed by atoms with Crippen LogP contribution >= 0.6 is 0 Å². The Morgan fingerprint density at radius 2 is 1.56 bits per heavy atom. The van der Waals surface area contributed by atoms with Crippen LogP contribution in [0.1, 0.15) is 79.2 Å². The van der Waals surface area contributed by atoms with E-state index < -0.39 is 62.3 Å². The van der Waals surface area contributed by atoms with Crippen molar-refractivity contribution in [2.45, 2.75) is 121 Å². The van der Waals surface area contributed by atoms with Crippen molar-refractivity contribution in [3.05, 3.63) is 35.9 Å². The van der Waals surface area contributed by atoms with E-state index >= 15 is 0 Å². The van der Waals surface area contributed by atoms with Crippen LogP contribution < -0.4 is 16.0 Å². The summed E-state index contributed by atoms with van der Waals surface area (Å²) in [5, 5.41) is 30.0. The van der Waals surface area contributed by atoms with Gasteiger partial charge >= 0.3 is 0 Å². The molecule has 1 aromatic rings. The van der Waals surface area contributed by atoms with Crippen LogP contribution in [0.15, 0.2) is 30.3 Å². The number of amides is 3. The van der Waals surface area contributed by atoms with Gasteiger partial charge in [-0.3, -0.25) is 19.3 Å². The Hall–Kier alpha value is -2.54. The van der Waals surface area contributed by atoms with E-state index in [0.717, 1.165) is 37.5 Å². The predicted molar refractivity (Wildman–Crippen MR) is 174 cm³/mol. The zero-order valence-electron chi connectivity index (χ0n) is 27.9. The molecule has 3 rings (SSSR count). The van der Waals surface area contributed by atoms with E-state index in [0.29, 0.717) is 24.8 Å². The molecule has 11 nitrogen and oxygen atoms in total. The van der Waals surface area contributed by atoms with E-state index in [4.69, 9.17) is 0 Å². The van der Waals surface area contributed by atoms with Crippen molar-refractivity contribution >= 4 is 27.6 Å². The van der Waals surface area contributed by atoms with E-state index in [1.54, 1.807) is 0 Å². The third-order valence-electron chi connectivity index (χ3n) is 9.39. The maximum absolute atomic E-state index is 13.8. The van der Waals surface area contributed by atoms with E-state index in [2.05, 4.69) is 16.0 Å². The van der Waals surface area contributed by atoms with Crippen molar-refractivity contribution in [2.75, 3.05) is 19.3 Å². The number of carbonyl (C=O) groups excluding carboxylic acids is 3. The summed E-state index contributed by atoms with van der Waals surface area (Å²) in [5.74, 6) is -0.915. The molecule has 2 fully saturated rings. The number of hydrogen-bond donors (Lipinski definition) is 5. The Balaban J connectivity index is 1.92. The fourth-order valence-corrected chi connectivity index (χ4v) is 7.04. The minimum atomic E-state index is -3.87. The molecule has 0 radical (unpaired) electrons. The fraction of sp³-hybridized carbons (Fsp3) is 0.727. The lowest BCUT2D eigenvalue weighted by atomic mass is 9.72. The standard InChI is InChI=1S/C33H54N4O7S/c1-21(38)29(40)35-28(33(5,6)45(7,43)44)31(42)34-25(17-22-13-9-8-10-14-22)27(39)20-37-19-24-16-12-11-15-23(24)18-26(37)30(41)36-32(2,3)4/h8-10,13-14,21,23-28,38-39H,11-12,15-20H2,1-7H3,(H,34,42)(H,35,40)(H,36,41)/t21-,23-,24+,25-,26-,27+,28+/m0/s1. The van der Waals surface area contributed by atoms with Crippen LogP contribution in [0.25, 0.3) is 0 Å². The van der Waals surface area contributed by atoms with Crippen LogP contribution in [0.4, 0.5) is 0 Å². The van der Waals surface area contributed by atoms with Gasteiger partial charge in [0.1, 0.15) is 12.1 Å². The molecule has 2 aliphatic rings. The Bertz CT molecular complexity index is 1280. The summed E-state index contributed by atoms with van der Waals surface area (Å²) < 4.78 is 23.8. The number of nitrogens with zero attached hydrogens (tertiary/aromatic N) is 1. The summed E-state index contributed by atoms with van der Waals surface area (Å²) >= 11 is 0. The Morgan fingerprint density at radius 1 is 0.956 bits per heavy atom.